The standard InChI is InChI=1S/C10H12BrNO3S/c1-6(2-5-9(13)14)12-10(15)7-3-4-8(11)16-7/h3-4,6H,2,5H2,1H3,(H,12,15)(H,13,14). The van der Waals surface area contributed by atoms with Crippen LogP contribution >= 0.6 is 27.3 Å². The second-order valence-electron chi connectivity index (χ2n) is 3.41. The number of carbonyl (C=O) groups is 2. The Morgan fingerprint density at radius 2 is 2.25 bits per heavy atom. The summed E-state index contributed by atoms with van der Waals surface area (Å²) in [5, 5.41) is 11.3. The van der Waals surface area contributed by atoms with Crippen LogP contribution in [-0.4, -0.2) is 23.0 Å². The molecule has 88 valence electrons. The molecule has 2 N–H and O–H groups in total. The summed E-state index contributed by atoms with van der Waals surface area (Å²) >= 11 is 4.63. The van der Waals surface area contributed by atoms with Crippen LogP contribution in [0, 0.1) is 0 Å². The maximum Gasteiger partial charge on any atom is 0.303 e. The van der Waals surface area contributed by atoms with E-state index in [-0.39, 0.29) is 18.4 Å². The third-order valence-electron chi connectivity index (χ3n) is 1.97. The Kier molecular flexibility index (Phi) is 4.95. The highest BCUT2D eigenvalue weighted by molar-refractivity contribution is 9.11. The van der Waals surface area contributed by atoms with Gasteiger partial charge in [-0.2, -0.15) is 0 Å². The molecule has 1 atom stereocenters. The zero-order valence-electron chi connectivity index (χ0n) is 8.70. The lowest BCUT2D eigenvalue weighted by Gasteiger charge is -2.11. The highest BCUT2D eigenvalue weighted by Crippen LogP contribution is 2.21. The Morgan fingerprint density at radius 1 is 1.56 bits per heavy atom. The van der Waals surface area contributed by atoms with Crippen molar-refractivity contribution >= 4 is 39.1 Å². The number of amides is 1. The van der Waals surface area contributed by atoms with Crippen molar-refractivity contribution in [1.82, 2.24) is 5.32 Å². The number of hydrogen-bond acceptors (Lipinski definition) is 3. The van der Waals surface area contributed by atoms with E-state index in [9.17, 15) is 9.59 Å². The summed E-state index contributed by atoms with van der Waals surface area (Å²) in [6, 6.07) is 3.40. The molecular weight excluding hydrogens is 294 g/mol. The van der Waals surface area contributed by atoms with Gasteiger partial charge in [-0.15, -0.1) is 11.3 Å². The topological polar surface area (TPSA) is 66.4 Å². The Bertz CT molecular complexity index is 391. The monoisotopic (exact) mass is 305 g/mol. The third kappa shape index (κ3) is 4.32. The Hall–Kier alpha value is -0.880. The summed E-state index contributed by atoms with van der Waals surface area (Å²) in [4.78, 5) is 22.6. The summed E-state index contributed by atoms with van der Waals surface area (Å²) in [6.07, 6.45) is 0.503. The fraction of sp³-hybridized carbons (Fsp3) is 0.400. The number of carboxylic acids is 1. The van der Waals surface area contributed by atoms with Gasteiger partial charge >= 0.3 is 5.97 Å². The molecule has 0 radical (unpaired) electrons. The lowest BCUT2D eigenvalue weighted by molar-refractivity contribution is -0.137. The first-order valence-corrected chi connectivity index (χ1v) is 6.38. The van der Waals surface area contributed by atoms with E-state index in [1.54, 1.807) is 13.0 Å². The predicted octanol–water partition coefficient (Wildman–Crippen LogP) is 2.49. The van der Waals surface area contributed by atoms with Crippen LogP contribution in [0.3, 0.4) is 0 Å². The molecule has 16 heavy (non-hydrogen) atoms. The largest absolute Gasteiger partial charge is 0.481 e. The van der Waals surface area contributed by atoms with E-state index in [1.165, 1.54) is 11.3 Å². The number of hydrogen-bond donors (Lipinski definition) is 2. The minimum absolute atomic E-state index is 0.0651. The summed E-state index contributed by atoms with van der Waals surface area (Å²) in [6.45, 7) is 1.80. The van der Waals surface area contributed by atoms with Crippen LogP contribution in [0.25, 0.3) is 0 Å². The lowest BCUT2D eigenvalue weighted by atomic mass is 10.2. The van der Waals surface area contributed by atoms with Crippen LogP contribution in [-0.2, 0) is 4.79 Å². The van der Waals surface area contributed by atoms with Gasteiger partial charge in [0, 0.05) is 12.5 Å². The molecule has 1 aromatic rings. The van der Waals surface area contributed by atoms with E-state index < -0.39 is 5.97 Å². The van der Waals surface area contributed by atoms with Crippen LogP contribution in [0.15, 0.2) is 15.9 Å². The van der Waals surface area contributed by atoms with Gasteiger partial charge in [0.2, 0.25) is 0 Å². The van der Waals surface area contributed by atoms with Crippen molar-refractivity contribution in [3.05, 3.63) is 20.8 Å². The second-order valence-corrected chi connectivity index (χ2v) is 5.87. The Labute approximate surface area is 106 Å². The third-order valence-corrected chi connectivity index (χ3v) is 3.59. The first-order valence-electron chi connectivity index (χ1n) is 4.77. The van der Waals surface area contributed by atoms with E-state index in [1.807, 2.05) is 6.07 Å². The molecule has 0 aliphatic carbocycles. The molecule has 1 heterocycles. The maximum atomic E-state index is 11.6. The smallest absolute Gasteiger partial charge is 0.303 e. The SMILES string of the molecule is CC(CCC(=O)O)NC(=O)c1ccc(Br)s1. The van der Waals surface area contributed by atoms with Crippen LogP contribution in [0.4, 0.5) is 0 Å². The Morgan fingerprint density at radius 3 is 2.75 bits per heavy atom. The molecule has 0 aliphatic rings. The Balaban J connectivity index is 2.42. The number of carboxylic acid groups (broad SMARTS) is 1. The van der Waals surface area contributed by atoms with Crippen LogP contribution in [0.5, 0.6) is 0 Å². The molecule has 0 aromatic carbocycles. The molecule has 6 heteroatoms. The van der Waals surface area contributed by atoms with Crippen LogP contribution in [0.1, 0.15) is 29.4 Å². The zero-order chi connectivity index (χ0) is 12.1. The molecule has 1 unspecified atom stereocenters. The van der Waals surface area contributed by atoms with E-state index in [0.717, 1.165) is 3.79 Å². The fourth-order valence-corrected chi connectivity index (χ4v) is 2.43. The van der Waals surface area contributed by atoms with Gasteiger partial charge in [0.15, 0.2) is 0 Å². The molecule has 0 saturated carbocycles. The minimum atomic E-state index is -0.847. The average Bonchev–Trinajstić information content (AvgIpc) is 2.62. The van der Waals surface area contributed by atoms with Crippen LogP contribution in [0.2, 0.25) is 0 Å². The average molecular weight is 306 g/mol. The number of carbonyl (C=O) groups excluding carboxylic acids is 1. The first-order chi connectivity index (χ1) is 7.49. The summed E-state index contributed by atoms with van der Waals surface area (Å²) in [5.41, 5.74) is 0. The van der Waals surface area contributed by atoms with Gasteiger partial charge in [-0.3, -0.25) is 9.59 Å². The van der Waals surface area contributed by atoms with Gasteiger partial charge in [-0.1, -0.05) is 0 Å². The van der Waals surface area contributed by atoms with Gasteiger partial charge in [-0.25, -0.2) is 0 Å². The number of nitrogens with one attached hydrogen (secondary N) is 1. The van der Waals surface area contributed by atoms with E-state index in [2.05, 4.69) is 21.2 Å². The first kappa shape index (κ1) is 13.2. The normalized spacial score (nSPS) is 12.1. The highest BCUT2D eigenvalue weighted by atomic mass is 79.9. The van der Waals surface area contributed by atoms with Crippen LogP contribution < -0.4 is 5.32 Å². The zero-order valence-corrected chi connectivity index (χ0v) is 11.1. The van der Waals surface area contributed by atoms with Gasteiger partial charge in [0.1, 0.15) is 0 Å². The second kappa shape index (κ2) is 6.00. The van der Waals surface area contributed by atoms with E-state index >= 15 is 0 Å². The summed E-state index contributed by atoms with van der Waals surface area (Å²) < 4.78 is 0.899. The number of aliphatic carboxylic acids is 1. The molecule has 0 fully saturated rings. The molecule has 0 saturated heterocycles. The molecule has 0 spiro atoms. The van der Waals surface area contributed by atoms with Gasteiger partial charge in [-0.05, 0) is 41.4 Å². The van der Waals surface area contributed by atoms with Crippen molar-refractivity contribution in [2.75, 3.05) is 0 Å². The van der Waals surface area contributed by atoms with Crippen molar-refractivity contribution in [3.63, 3.8) is 0 Å². The molecule has 0 aliphatic heterocycles. The van der Waals surface area contributed by atoms with Crippen molar-refractivity contribution in [2.24, 2.45) is 0 Å². The molecule has 4 nitrogen and oxygen atoms in total. The van der Waals surface area contributed by atoms with Crippen molar-refractivity contribution in [2.45, 2.75) is 25.8 Å². The van der Waals surface area contributed by atoms with E-state index in [4.69, 9.17) is 5.11 Å². The number of thiophene rings is 1. The van der Waals surface area contributed by atoms with Crippen molar-refractivity contribution in [1.29, 1.82) is 0 Å². The van der Waals surface area contributed by atoms with Crippen molar-refractivity contribution in [3.8, 4) is 0 Å². The van der Waals surface area contributed by atoms with Crippen molar-refractivity contribution < 1.29 is 14.7 Å². The fourth-order valence-electron chi connectivity index (χ4n) is 1.14. The molecule has 1 amide bonds. The molecule has 0 bridgehead atoms. The van der Waals surface area contributed by atoms with Gasteiger partial charge in [0.25, 0.3) is 5.91 Å². The lowest BCUT2D eigenvalue weighted by Crippen LogP contribution is -2.32. The maximum absolute atomic E-state index is 11.6. The van der Waals surface area contributed by atoms with E-state index in [0.29, 0.717) is 11.3 Å². The summed E-state index contributed by atoms with van der Waals surface area (Å²) in [7, 11) is 0. The quantitative estimate of drug-likeness (QED) is 0.878. The predicted molar refractivity (Wildman–Crippen MR) is 65.8 cm³/mol. The minimum Gasteiger partial charge on any atom is -0.481 e. The molecular formula is C10H12BrNO3S. The summed E-state index contributed by atoms with van der Waals surface area (Å²) in [5.74, 6) is -1.01. The number of halogens is 1. The molecule has 1 aromatic heterocycles. The highest BCUT2D eigenvalue weighted by Gasteiger charge is 2.12. The van der Waals surface area contributed by atoms with Gasteiger partial charge < -0.3 is 10.4 Å². The number of rotatable bonds is 5. The molecule has 1 rings (SSSR count). The van der Waals surface area contributed by atoms with Gasteiger partial charge in [0.05, 0.1) is 8.66 Å².